The second-order valence-corrected chi connectivity index (χ2v) is 9.80. The Kier molecular flexibility index (Phi) is 5.35. The molecule has 0 radical (unpaired) electrons. The van der Waals surface area contributed by atoms with E-state index in [1.54, 1.807) is 43.0 Å². The Bertz CT molecular complexity index is 1320. The molecule has 4 rings (SSSR count). The van der Waals surface area contributed by atoms with E-state index in [2.05, 4.69) is 9.71 Å². The van der Waals surface area contributed by atoms with Gasteiger partial charge in [-0.3, -0.25) is 9.78 Å². The number of methoxy groups -OCH3 is 1. The van der Waals surface area contributed by atoms with Crippen molar-refractivity contribution in [3.05, 3.63) is 48.1 Å². The number of benzene rings is 2. The number of ether oxygens (including phenoxy) is 1. The van der Waals surface area contributed by atoms with Gasteiger partial charge in [0.2, 0.25) is 10.0 Å². The number of hydrogen-bond donors (Lipinski definition) is 1. The number of carbonyl (C=O) groups excluding carboxylic acids is 1. The summed E-state index contributed by atoms with van der Waals surface area (Å²) in [6.45, 7) is 3.49. The van der Waals surface area contributed by atoms with Gasteiger partial charge in [-0.05, 0) is 41.8 Å². The predicted molar refractivity (Wildman–Crippen MR) is 116 cm³/mol. The molecule has 9 heteroatoms. The van der Waals surface area contributed by atoms with Gasteiger partial charge in [0, 0.05) is 23.0 Å². The first-order chi connectivity index (χ1) is 14.3. The molecule has 0 spiro atoms. The van der Waals surface area contributed by atoms with E-state index < -0.39 is 22.0 Å². The van der Waals surface area contributed by atoms with Crippen LogP contribution < -0.4 is 4.72 Å². The van der Waals surface area contributed by atoms with Crippen LogP contribution in [-0.2, 0) is 19.6 Å². The van der Waals surface area contributed by atoms with E-state index in [1.165, 1.54) is 19.2 Å². The minimum absolute atomic E-state index is 0.0197. The molecule has 0 aliphatic carbocycles. The van der Waals surface area contributed by atoms with Crippen molar-refractivity contribution in [2.45, 2.75) is 24.8 Å². The molecule has 0 aliphatic heterocycles. The lowest BCUT2D eigenvalue weighted by molar-refractivity contribution is -0.143. The van der Waals surface area contributed by atoms with Crippen LogP contribution in [0.15, 0.2) is 57.4 Å². The Morgan fingerprint density at radius 2 is 1.93 bits per heavy atom. The topological polar surface area (TPSA) is 98.5 Å². The van der Waals surface area contributed by atoms with Crippen molar-refractivity contribution < 1.29 is 22.4 Å². The molecule has 1 unspecified atom stereocenters. The third-order valence-corrected chi connectivity index (χ3v) is 7.13. The van der Waals surface area contributed by atoms with Gasteiger partial charge in [-0.25, -0.2) is 8.42 Å². The molecule has 156 valence electrons. The van der Waals surface area contributed by atoms with Crippen molar-refractivity contribution in [3.63, 3.8) is 0 Å². The smallest absolute Gasteiger partial charge is 0.324 e. The van der Waals surface area contributed by atoms with E-state index in [9.17, 15) is 13.2 Å². The zero-order valence-corrected chi connectivity index (χ0v) is 18.2. The lowest BCUT2D eigenvalue weighted by Crippen LogP contribution is -2.44. The molecular weight excluding hydrogens is 424 g/mol. The van der Waals surface area contributed by atoms with Crippen LogP contribution >= 0.6 is 11.3 Å². The molecule has 0 fully saturated rings. The average molecular weight is 445 g/mol. The van der Waals surface area contributed by atoms with Crippen LogP contribution in [0.4, 0.5) is 0 Å². The number of aromatic nitrogens is 1. The normalized spacial score (nSPS) is 13.2. The largest absolute Gasteiger partial charge is 0.468 e. The van der Waals surface area contributed by atoms with Gasteiger partial charge in [-0.15, -0.1) is 11.3 Å². The van der Waals surface area contributed by atoms with Gasteiger partial charge in [0.15, 0.2) is 0 Å². The van der Waals surface area contributed by atoms with Gasteiger partial charge in [-0.2, -0.15) is 4.72 Å². The summed E-state index contributed by atoms with van der Waals surface area (Å²) in [7, 11) is -2.72. The lowest BCUT2D eigenvalue weighted by atomic mass is 10.1. The van der Waals surface area contributed by atoms with Crippen molar-refractivity contribution in [3.8, 4) is 10.4 Å². The maximum Gasteiger partial charge on any atom is 0.324 e. The fourth-order valence-electron chi connectivity index (χ4n) is 3.25. The molecule has 7 nitrogen and oxygen atoms in total. The number of nitrogens with zero attached hydrogens (tertiary/aromatic N) is 1. The van der Waals surface area contributed by atoms with E-state index in [-0.39, 0.29) is 10.8 Å². The Labute approximate surface area is 177 Å². The summed E-state index contributed by atoms with van der Waals surface area (Å²) in [4.78, 5) is 17.1. The summed E-state index contributed by atoms with van der Waals surface area (Å²) in [6, 6.07) is 9.53. The van der Waals surface area contributed by atoms with Crippen molar-refractivity contribution >= 4 is 49.3 Å². The monoisotopic (exact) mass is 444 g/mol. The molecule has 0 saturated heterocycles. The van der Waals surface area contributed by atoms with Crippen LogP contribution in [-0.4, -0.2) is 32.5 Å². The summed E-state index contributed by atoms with van der Waals surface area (Å²) >= 11 is 1.54. The third kappa shape index (κ3) is 3.71. The zero-order chi connectivity index (χ0) is 21.5. The van der Waals surface area contributed by atoms with Crippen LogP contribution in [0.3, 0.4) is 0 Å². The van der Waals surface area contributed by atoms with E-state index in [0.29, 0.717) is 11.2 Å². The molecule has 1 atom stereocenters. The van der Waals surface area contributed by atoms with Gasteiger partial charge in [0.05, 0.1) is 22.4 Å². The van der Waals surface area contributed by atoms with E-state index in [4.69, 9.17) is 9.15 Å². The summed E-state index contributed by atoms with van der Waals surface area (Å²) in [5.41, 5.74) is 3.91. The highest BCUT2D eigenvalue weighted by molar-refractivity contribution is 7.89. The van der Waals surface area contributed by atoms with Crippen LogP contribution in [0.25, 0.3) is 32.4 Å². The highest BCUT2D eigenvalue weighted by Gasteiger charge is 2.29. The summed E-state index contributed by atoms with van der Waals surface area (Å²) in [5, 5.41) is 1.70. The maximum atomic E-state index is 12.9. The van der Waals surface area contributed by atoms with E-state index >= 15 is 0 Å². The number of thiazole rings is 1. The van der Waals surface area contributed by atoms with Crippen LogP contribution in [0.1, 0.15) is 13.8 Å². The molecule has 2 aromatic heterocycles. The van der Waals surface area contributed by atoms with E-state index in [1.807, 2.05) is 18.2 Å². The second kappa shape index (κ2) is 7.82. The highest BCUT2D eigenvalue weighted by Crippen LogP contribution is 2.34. The molecule has 30 heavy (non-hydrogen) atoms. The third-order valence-electron chi connectivity index (χ3n) is 4.87. The number of hydrogen-bond acceptors (Lipinski definition) is 7. The fraction of sp³-hybridized carbons (Fsp3) is 0.238. The lowest BCUT2D eigenvalue weighted by Gasteiger charge is -2.19. The molecule has 0 aliphatic rings. The van der Waals surface area contributed by atoms with Crippen LogP contribution in [0.2, 0.25) is 0 Å². The Morgan fingerprint density at radius 3 is 2.60 bits per heavy atom. The van der Waals surface area contributed by atoms with Gasteiger partial charge in [0.1, 0.15) is 17.2 Å². The molecule has 0 bridgehead atoms. The predicted octanol–water partition coefficient (Wildman–Crippen LogP) is 4.19. The number of sulfonamides is 1. The number of fused-ring (bicyclic) bond motifs is 3. The van der Waals surface area contributed by atoms with Gasteiger partial charge in [-0.1, -0.05) is 13.8 Å². The number of esters is 1. The summed E-state index contributed by atoms with van der Waals surface area (Å²) < 4.78 is 38.8. The standard InChI is InChI=1S/C21H20N2O5S2/c1-12(2)20(21(24)27-3)23-30(25,26)14-5-6-15-16-8-13(19-10-22-11-29-19)4-7-17(16)28-18(15)9-14/h4-12,20,23H,1-3H3. The Morgan fingerprint density at radius 1 is 1.13 bits per heavy atom. The Hall–Kier alpha value is -2.75. The first-order valence-corrected chi connectivity index (χ1v) is 11.6. The van der Waals surface area contributed by atoms with Crippen molar-refractivity contribution in [1.29, 1.82) is 0 Å². The number of rotatable bonds is 6. The van der Waals surface area contributed by atoms with Gasteiger partial charge < -0.3 is 9.15 Å². The summed E-state index contributed by atoms with van der Waals surface area (Å²) in [5.74, 6) is -0.902. The molecule has 0 amide bonds. The zero-order valence-electron chi connectivity index (χ0n) is 16.6. The quantitative estimate of drug-likeness (QED) is 0.448. The molecule has 2 heterocycles. The maximum absolute atomic E-state index is 12.9. The molecule has 4 aromatic rings. The van der Waals surface area contributed by atoms with Gasteiger partial charge in [0.25, 0.3) is 0 Å². The number of furan rings is 1. The molecular formula is C21H20N2O5S2. The minimum Gasteiger partial charge on any atom is -0.468 e. The van der Waals surface area contributed by atoms with E-state index in [0.717, 1.165) is 21.2 Å². The van der Waals surface area contributed by atoms with Gasteiger partial charge >= 0.3 is 5.97 Å². The molecule has 0 saturated carbocycles. The number of carbonyl (C=O) groups is 1. The van der Waals surface area contributed by atoms with Crippen LogP contribution in [0.5, 0.6) is 0 Å². The van der Waals surface area contributed by atoms with Crippen LogP contribution in [0, 0.1) is 5.92 Å². The first kappa shape index (κ1) is 20.5. The van der Waals surface area contributed by atoms with Crippen molar-refractivity contribution in [2.75, 3.05) is 7.11 Å². The van der Waals surface area contributed by atoms with Crippen molar-refractivity contribution in [1.82, 2.24) is 9.71 Å². The number of nitrogens with one attached hydrogen (secondary N) is 1. The second-order valence-electron chi connectivity index (χ2n) is 7.20. The SMILES string of the molecule is COC(=O)C(NS(=O)(=O)c1ccc2c(c1)oc1ccc(-c3cncs3)cc12)C(C)C. The average Bonchev–Trinajstić information content (AvgIpc) is 3.38. The fourth-order valence-corrected chi connectivity index (χ4v) is 5.22. The first-order valence-electron chi connectivity index (χ1n) is 9.25. The van der Waals surface area contributed by atoms with Crippen molar-refractivity contribution in [2.24, 2.45) is 5.92 Å². The molecule has 1 N–H and O–H groups in total. The highest BCUT2D eigenvalue weighted by atomic mass is 32.2. The minimum atomic E-state index is -3.95. The molecule has 2 aromatic carbocycles. The summed E-state index contributed by atoms with van der Waals surface area (Å²) in [6.07, 6.45) is 1.80. The Balaban J connectivity index is 1.74.